The molecule has 4 nitrogen and oxygen atoms in total. The molecule has 0 atom stereocenters. The van der Waals surface area contributed by atoms with Crippen molar-refractivity contribution in [2.24, 2.45) is 0 Å². The lowest BCUT2D eigenvalue weighted by Gasteiger charge is -2.27. The van der Waals surface area contributed by atoms with Gasteiger partial charge in [-0.05, 0) is 61.6 Å². The Bertz CT molecular complexity index is 943. The molecule has 0 radical (unpaired) electrons. The maximum absolute atomic E-state index is 6.40. The second-order valence-electron chi connectivity index (χ2n) is 7.25. The molecule has 1 saturated carbocycles. The number of nitrogens with zero attached hydrogens (tertiary/aromatic N) is 2. The molecule has 29 heavy (non-hydrogen) atoms. The summed E-state index contributed by atoms with van der Waals surface area (Å²) in [5.74, 6) is 1.55. The summed E-state index contributed by atoms with van der Waals surface area (Å²) in [6.07, 6.45) is 8.37. The van der Waals surface area contributed by atoms with Crippen LogP contribution >= 0.6 is 11.6 Å². The van der Waals surface area contributed by atoms with Crippen LogP contribution in [0, 0.1) is 0 Å². The molecule has 1 aliphatic rings. The fourth-order valence-corrected chi connectivity index (χ4v) is 3.93. The summed E-state index contributed by atoms with van der Waals surface area (Å²) in [4.78, 5) is 6.33. The molecule has 0 amide bonds. The van der Waals surface area contributed by atoms with Crippen LogP contribution in [-0.4, -0.2) is 18.2 Å². The molecule has 2 aromatic carbocycles. The highest BCUT2D eigenvalue weighted by Gasteiger charge is 2.20. The van der Waals surface area contributed by atoms with Crippen molar-refractivity contribution in [1.29, 1.82) is 0 Å². The van der Waals surface area contributed by atoms with Crippen molar-refractivity contribution >= 4 is 23.0 Å². The zero-order valence-corrected chi connectivity index (χ0v) is 17.3. The van der Waals surface area contributed by atoms with E-state index >= 15 is 0 Å². The first-order valence-electron chi connectivity index (χ1n) is 10.0. The van der Waals surface area contributed by atoms with Crippen LogP contribution in [0.15, 0.2) is 67.0 Å². The number of para-hydroxylation sites is 1. The Morgan fingerprint density at radius 2 is 1.79 bits per heavy atom. The number of ether oxygens (including phenoxy) is 2. The molecule has 0 saturated heterocycles. The van der Waals surface area contributed by atoms with Gasteiger partial charge in [0.1, 0.15) is 0 Å². The van der Waals surface area contributed by atoms with Crippen molar-refractivity contribution in [3.63, 3.8) is 0 Å². The number of methoxy groups -OCH3 is 1. The summed E-state index contributed by atoms with van der Waals surface area (Å²) in [5.41, 5.74) is 3.12. The van der Waals surface area contributed by atoms with Crippen molar-refractivity contribution in [2.45, 2.75) is 38.3 Å². The summed E-state index contributed by atoms with van der Waals surface area (Å²) >= 11 is 6.40. The predicted octanol–water partition coefficient (Wildman–Crippen LogP) is 6.40. The molecule has 5 heteroatoms. The summed E-state index contributed by atoms with van der Waals surface area (Å²) < 4.78 is 11.9. The van der Waals surface area contributed by atoms with Crippen molar-refractivity contribution in [3.8, 4) is 11.5 Å². The summed E-state index contributed by atoms with van der Waals surface area (Å²) in [6, 6.07) is 18.3. The third-order valence-electron chi connectivity index (χ3n) is 5.31. The van der Waals surface area contributed by atoms with Crippen LogP contribution in [-0.2, 0) is 6.54 Å². The average molecular weight is 409 g/mol. The first kappa shape index (κ1) is 19.6. The molecule has 1 heterocycles. The lowest BCUT2D eigenvalue weighted by molar-refractivity contribution is 0.201. The molecule has 150 valence electrons. The van der Waals surface area contributed by atoms with Crippen molar-refractivity contribution in [2.75, 3.05) is 12.0 Å². The van der Waals surface area contributed by atoms with Crippen LogP contribution in [0.4, 0.5) is 11.4 Å². The minimum atomic E-state index is 0.263. The highest BCUT2D eigenvalue weighted by Crippen LogP contribution is 2.38. The van der Waals surface area contributed by atoms with Gasteiger partial charge in [-0.3, -0.25) is 4.98 Å². The van der Waals surface area contributed by atoms with Gasteiger partial charge in [-0.25, -0.2) is 0 Å². The normalized spacial score (nSPS) is 14.0. The Morgan fingerprint density at radius 1 is 1.00 bits per heavy atom. The van der Waals surface area contributed by atoms with E-state index in [0.717, 1.165) is 41.3 Å². The van der Waals surface area contributed by atoms with Crippen LogP contribution in [0.3, 0.4) is 0 Å². The van der Waals surface area contributed by atoms with E-state index in [1.54, 1.807) is 19.5 Å². The van der Waals surface area contributed by atoms with Crippen LogP contribution in [0.5, 0.6) is 11.5 Å². The fourth-order valence-electron chi connectivity index (χ4n) is 3.75. The number of hydrogen-bond donors (Lipinski definition) is 0. The minimum absolute atomic E-state index is 0.263. The topological polar surface area (TPSA) is 34.6 Å². The van der Waals surface area contributed by atoms with E-state index in [2.05, 4.69) is 34.1 Å². The van der Waals surface area contributed by atoms with Gasteiger partial charge in [-0.15, -0.1) is 0 Å². The lowest BCUT2D eigenvalue weighted by atomic mass is 10.1. The Kier molecular flexibility index (Phi) is 6.20. The Morgan fingerprint density at radius 3 is 2.52 bits per heavy atom. The van der Waals surface area contributed by atoms with Gasteiger partial charge in [0.2, 0.25) is 0 Å². The largest absolute Gasteiger partial charge is 0.493 e. The molecule has 1 fully saturated rings. The van der Waals surface area contributed by atoms with E-state index in [0.29, 0.717) is 11.6 Å². The van der Waals surface area contributed by atoms with Gasteiger partial charge >= 0.3 is 0 Å². The first-order valence-corrected chi connectivity index (χ1v) is 10.4. The molecule has 0 bridgehead atoms. The van der Waals surface area contributed by atoms with Crippen LogP contribution in [0.1, 0.15) is 31.2 Å². The van der Waals surface area contributed by atoms with E-state index in [1.807, 2.05) is 30.3 Å². The third-order valence-corrected chi connectivity index (χ3v) is 5.65. The van der Waals surface area contributed by atoms with E-state index < -0.39 is 0 Å². The quantitative estimate of drug-likeness (QED) is 0.452. The van der Waals surface area contributed by atoms with E-state index in [9.17, 15) is 0 Å². The molecule has 0 unspecified atom stereocenters. The number of hydrogen-bond acceptors (Lipinski definition) is 4. The highest BCUT2D eigenvalue weighted by molar-refractivity contribution is 6.31. The number of benzene rings is 2. The number of anilines is 2. The number of pyridine rings is 1. The molecule has 1 aromatic heterocycles. The second kappa shape index (κ2) is 9.19. The summed E-state index contributed by atoms with van der Waals surface area (Å²) in [5, 5.41) is 0.657. The van der Waals surface area contributed by atoms with Gasteiger partial charge in [0, 0.05) is 36.4 Å². The van der Waals surface area contributed by atoms with Crippen LogP contribution in [0.25, 0.3) is 0 Å². The summed E-state index contributed by atoms with van der Waals surface area (Å²) in [6.45, 7) is 0.626. The molecule has 4 rings (SSSR count). The van der Waals surface area contributed by atoms with Crippen molar-refractivity contribution < 1.29 is 9.47 Å². The van der Waals surface area contributed by atoms with E-state index in [1.165, 1.54) is 12.8 Å². The Hall–Kier alpha value is -2.72. The fraction of sp³-hybridized carbons (Fsp3) is 0.292. The smallest absolute Gasteiger partial charge is 0.163 e. The summed E-state index contributed by atoms with van der Waals surface area (Å²) in [7, 11) is 1.68. The maximum atomic E-state index is 6.40. The molecule has 0 N–H and O–H groups in total. The molecule has 0 spiro atoms. The monoisotopic (exact) mass is 408 g/mol. The molecular weight excluding hydrogens is 384 g/mol. The second-order valence-corrected chi connectivity index (χ2v) is 7.66. The molecule has 1 aliphatic carbocycles. The van der Waals surface area contributed by atoms with Gasteiger partial charge in [0.25, 0.3) is 0 Å². The van der Waals surface area contributed by atoms with E-state index in [4.69, 9.17) is 21.1 Å². The number of aromatic nitrogens is 1. The van der Waals surface area contributed by atoms with Crippen LogP contribution < -0.4 is 14.4 Å². The van der Waals surface area contributed by atoms with Crippen molar-refractivity contribution in [1.82, 2.24) is 4.98 Å². The molecule has 3 aromatic rings. The van der Waals surface area contributed by atoms with E-state index in [-0.39, 0.29) is 6.10 Å². The third kappa shape index (κ3) is 4.65. The van der Waals surface area contributed by atoms with Gasteiger partial charge < -0.3 is 14.4 Å². The molecular formula is C24H25ClN2O2. The zero-order chi connectivity index (χ0) is 20.1. The molecule has 0 aliphatic heterocycles. The van der Waals surface area contributed by atoms with Crippen molar-refractivity contribution in [3.05, 3.63) is 77.6 Å². The Balaban J connectivity index is 1.70. The van der Waals surface area contributed by atoms with Crippen LogP contribution in [0.2, 0.25) is 5.02 Å². The van der Waals surface area contributed by atoms with Gasteiger partial charge in [-0.1, -0.05) is 29.8 Å². The zero-order valence-electron chi connectivity index (χ0n) is 16.6. The number of halogens is 1. The minimum Gasteiger partial charge on any atom is -0.493 e. The average Bonchev–Trinajstić information content (AvgIpc) is 3.27. The standard InChI is InChI=1S/C24H25ClN2O2/c1-28-23-12-11-20(15-24(23)29-21-9-5-6-10-21)27(19-7-3-2-4-8-19)17-18-13-14-26-16-22(18)25/h2-4,7-8,11-16,21H,5-6,9-10,17H2,1H3. The lowest BCUT2D eigenvalue weighted by Crippen LogP contribution is -2.17. The highest BCUT2D eigenvalue weighted by atomic mass is 35.5. The number of rotatable bonds is 7. The first-order chi connectivity index (χ1) is 14.2. The maximum Gasteiger partial charge on any atom is 0.163 e. The SMILES string of the molecule is COc1ccc(N(Cc2ccncc2Cl)c2ccccc2)cc1OC1CCCC1. The van der Waals surface area contributed by atoms with Gasteiger partial charge in [0.15, 0.2) is 11.5 Å². The Labute approximate surface area is 177 Å². The van der Waals surface area contributed by atoms with Gasteiger partial charge in [-0.2, -0.15) is 0 Å². The predicted molar refractivity (Wildman–Crippen MR) is 117 cm³/mol. The van der Waals surface area contributed by atoms with Gasteiger partial charge in [0.05, 0.1) is 18.2 Å².